The summed E-state index contributed by atoms with van der Waals surface area (Å²) in [6, 6.07) is 11.8. The van der Waals surface area contributed by atoms with Gasteiger partial charge in [-0.15, -0.1) is 0 Å². The largest absolute Gasteiger partial charge is 0.454 e. The minimum atomic E-state index is 0.303. The van der Waals surface area contributed by atoms with Crippen LogP contribution in [0.5, 0.6) is 11.5 Å². The van der Waals surface area contributed by atoms with Gasteiger partial charge in [-0.3, -0.25) is 0 Å². The molecule has 0 aliphatic carbocycles. The molecule has 0 unspecified atom stereocenters. The average molecular weight is 256 g/mol. The number of nitrogen functional groups attached to an aromatic ring is 1. The summed E-state index contributed by atoms with van der Waals surface area (Å²) in [6.45, 7) is 3.07. The topological polar surface area (TPSA) is 56.5 Å². The van der Waals surface area contributed by atoms with Crippen molar-refractivity contribution in [3.05, 3.63) is 47.5 Å². The minimum absolute atomic E-state index is 0.303. The Morgan fingerprint density at radius 2 is 1.89 bits per heavy atom. The van der Waals surface area contributed by atoms with E-state index in [4.69, 9.17) is 15.2 Å². The number of rotatable bonds is 3. The molecule has 0 fully saturated rings. The molecule has 0 amide bonds. The van der Waals surface area contributed by atoms with Crippen molar-refractivity contribution in [2.45, 2.75) is 13.5 Å². The van der Waals surface area contributed by atoms with Crippen LogP contribution >= 0.6 is 0 Å². The standard InChI is InChI=1S/C15H16N2O2/c1-10-6-14-15(19-9-18-14)7-11(10)8-17-13-5-3-2-4-12(13)16/h2-7,17H,8-9,16H2,1H3. The molecule has 0 saturated carbocycles. The summed E-state index contributed by atoms with van der Waals surface area (Å²) in [5, 5.41) is 3.34. The molecule has 1 aliphatic rings. The Balaban J connectivity index is 1.79. The number of para-hydroxylation sites is 2. The first kappa shape index (κ1) is 11.7. The Morgan fingerprint density at radius 3 is 2.68 bits per heavy atom. The molecule has 0 radical (unpaired) electrons. The molecule has 2 aromatic rings. The van der Waals surface area contributed by atoms with Gasteiger partial charge in [0.1, 0.15) is 0 Å². The van der Waals surface area contributed by atoms with Gasteiger partial charge in [-0.1, -0.05) is 12.1 Å². The number of aryl methyl sites for hydroxylation is 1. The van der Waals surface area contributed by atoms with Crippen molar-refractivity contribution in [2.24, 2.45) is 0 Å². The van der Waals surface area contributed by atoms with Crippen LogP contribution in [0.15, 0.2) is 36.4 Å². The van der Waals surface area contributed by atoms with Crippen LogP contribution in [0, 0.1) is 6.92 Å². The molecule has 0 saturated heterocycles. The first-order valence-electron chi connectivity index (χ1n) is 6.21. The predicted octanol–water partition coefficient (Wildman–Crippen LogP) is 2.92. The van der Waals surface area contributed by atoms with Gasteiger partial charge in [-0.05, 0) is 42.3 Å². The second-order valence-electron chi connectivity index (χ2n) is 4.57. The maximum Gasteiger partial charge on any atom is 0.231 e. The van der Waals surface area contributed by atoms with Gasteiger partial charge in [0.25, 0.3) is 0 Å². The van der Waals surface area contributed by atoms with Crippen LogP contribution in [-0.4, -0.2) is 6.79 Å². The molecule has 0 bridgehead atoms. The summed E-state index contributed by atoms with van der Waals surface area (Å²) >= 11 is 0. The normalized spacial score (nSPS) is 12.5. The van der Waals surface area contributed by atoms with Crippen molar-refractivity contribution >= 4 is 11.4 Å². The third kappa shape index (κ3) is 2.29. The van der Waals surface area contributed by atoms with E-state index >= 15 is 0 Å². The van der Waals surface area contributed by atoms with Gasteiger partial charge in [0, 0.05) is 6.54 Å². The molecule has 19 heavy (non-hydrogen) atoms. The fraction of sp³-hybridized carbons (Fsp3) is 0.200. The number of hydrogen-bond acceptors (Lipinski definition) is 4. The molecule has 3 rings (SSSR count). The van der Waals surface area contributed by atoms with E-state index in [0.29, 0.717) is 13.3 Å². The van der Waals surface area contributed by atoms with Crippen LogP contribution in [0.25, 0.3) is 0 Å². The molecule has 98 valence electrons. The zero-order valence-electron chi connectivity index (χ0n) is 10.8. The third-order valence-corrected chi connectivity index (χ3v) is 3.26. The van der Waals surface area contributed by atoms with Crippen molar-refractivity contribution in [2.75, 3.05) is 17.8 Å². The maximum atomic E-state index is 5.91. The lowest BCUT2D eigenvalue weighted by Crippen LogP contribution is -2.03. The van der Waals surface area contributed by atoms with E-state index < -0.39 is 0 Å². The lowest BCUT2D eigenvalue weighted by molar-refractivity contribution is 0.174. The maximum absolute atomic E-state index is 5.91. The average Bonchev–Trinajstić information content (AvgIpc) is 2.84. The molecule has 3 N–H and O–H groups in total. The zero-order valence-corrected chi connectivity index (χ0v) is 10.8. The second-order valence-corrected chi connectivity index (χ2v) is 4.57. The molecular weight excluding hydrogens is 240 g/mol. The second kappa shape index (κ2) is 4.72. The van der Waals surface area contributed by atoms with Gasteiger partial charge in [-0.25, -0.2) is 0 Å². The first-order valence-corrected chi connectivity index (χ1v) is 6.21. The van der Waals surface area contributed by atoms with E-state index in [1.54, 1.807) is 0 Å². The Morgan fingerprint density at radius 1 is 1.16 bits per heavy atom. The molecule has 1 heterocycles. The number of nitrogens with two attached hydrogens (primary N) is 1. The summed E-state index contributed by atoms with van der Waals surface area (Å²) < 4.78 is 10.7. The highest BCUT2D eigenvalue weighted by atomic mass is 16.7. The van der Waals surface area contributed by atoms with Crippen LogP contribution in [0.3, 0.4) is 0 Å². The Hall–Kier alpha value is -2.36. The molecule has 4 nitrogen and oxygen atoms in total. The number of benzene rings is 2. The molecule has 0 atom stereocenters. The monoisotopic (exact) mass is 256 g/mol. The van der Waals surface area contributed by atoms with Gasteiger partial charge in [0.05, 0.1) is 11.4 Å². The van der Waals surface area contributed by atoms with E-state index in [2.05, 4.69) is 12.2 Å². The first-order chi connectivity index (χ1) is 9.24. The van der Waals surface area contributed by atoms with Gasteiger partial charge in [0.2, 0.25) is 6.79 Å². The Labute approximate surface area is 112 Å². The molecule has 0 spiro atoms. The summed E-state index contributed by atoms with van der Waals surface area (Å²) in [7, 11) is 0. The summed E-state index contributed by atoms with van der Waals surface area (Å²) in [6.07, 6.45) is 0. The van der Waals surface area contributed by atoms with Crippen molar-refractivity contribution in [3.63, 3.8) is 0 Å². The molecule has 1 aliphatic heterocycles. The summed E-state index contributed by atoms with van der Waals surface area (Å²) in [5.41, 5.74) is 9.95. The van der Waals surface area contributed by atoms with Crippen LogP contribution in [0.4, 0.5) is 11.4 Å². The number of nitrogens with one attached hydrogen (secondary N) is 1. The quantitative estimate of drug-likeness (QED) is 0.829. The van der Waals surface area contributed by atoms with Crippen molar-refractivity contribution < 1.29 is 9.47 Å². The van der Waals surface area contributed by atoms with E-state index in [-0.39, 0.29) is 0 Å². The number of anilines is 2. The van der Waals surface area contributed by atoms with Crippen LogP contribution in [-0.2, 0) is 6.54 Å². The van der Waals surface area contributed by atoms with E-state index in [1.165, 1.54) is 11.1 Å². The van der Waals surface area contributed by atoms with E-state index in [0.717, 1.165) is 22.9 Å². The van der Waals surface area contributed by atoms with Gasteiger partial charge in [-0.2, -0.15) is 0 Å². The minimum Gasteiger partial charge on any atom is -0.454 e. The number of hydrogen-bond donors (Lipinski definition) is 2. The summed E-state index contributed by atoms with van der Waals surface area (Å²) in [5.74, 6) is 1.63. The van der Waals surface area contributed by atoms with Crippen LogP contribution < -0.4 is 20.5 Å². The lowest BCUT2D eigenvalue weighted by atomic mass is 10.1. The highest BCUT2D eigenvalue weighted by molar-refractivity contribution is 5.65. The highest BCUT2D eigenvalue weighted by Crippen LogP contribution is 2.34. The van der Waals surface area contributed by atoms with Crippen LogP contribution in [0.1, 0.15) is 11.1 Å². The molecule has 4 heteroatoms. The third-order valence-electron chi connectivity index (χ3n) is 3.26. The smallest absolute Gasteiger partial charge is 0.231 e. The Kier molecular flexibility index (Phi) is 2.91. The SMILES string of the molecule is Cc1cc2c(cc1CNc1ccccc1N)OCO2. The summed E-state index contributed by atoms with van der Waals surface area (Å²) in [4.78, 5) is 0. The van der Waals surface area contributed by atoms with Crippen molar-refractivity contribution in [1.82, 2.24) is 0 Å². The van der Waals surface area contributed by atoms with E-state index in [1.807, 2.05) is 36.4 Å². The van der Waals surface area contributed by atoms with Crippen molar-refractivity contribution in [1.29, 1.82) is 0 Å². The molecule has 2 aromatic carbocycles. The fourth-order valence-corrected chi connectivity index (χ4v) is 2.12. The molecule has 0 aromatic heterocycles. The molecular formula is C15H16N2O2. The Bertz CT molecular complexity index is 611. The van der Waals surface area contributed by atoms with Crippen LogP contribution in [0.2, 0.25) is 0 Å². The fourth-order valence-electron chi connectivity index (χ4n) is 2.12. The van der Waals surface area contributed by atoms with Crippen molar-refractivity contribution in [3.8, 4) is 11.5 Å². The van der Waals surface area contributed by atoms with Gasteiger partial charge < -0.3 is 20.5 Å². The lowest BCUT2D eigenvalue weighted by Gasteiger charge is -2.11. The predicted molar refractivity (Wildman–Crippen MR) is 75.5 cm³/mol. The zero-order chi connectivity index (χ0) is 13.2. The number of ether oxygens (including phenoxy) is 2. The van der Waals surface area contributed by atoms with Gasteiger partial charge in [0.15, 0.2) is 11.5 Å². The highest BCUT2D eigenvalue weighted by Gasteiger charge is 2.15. The van der Waals surface area contributed by atoms with E-state index in [9.17, 15) is 0 Å². The number of fused-ring (bicyclic) bond motifs is 1. The van der Waals surface area contributed by atoms with Gasteiger partial charge >= 0.3 is 0 Å².